The number of ether oxygens (including phenoxy) is 1. The van der Waals surface area contributed by atoms with Crippen LogP contribution < -0.4 is 9.64 Å². The van der Waals surface area contributed by atoms with Crippen molar-refractivity contribution in [2.45, 2.75) is 5.75 Å². The van der Waals surface area contributed by atoms with Gasteiger partial charge in [0.25, 0.3) is 11.8 Å². The van der Waals surface area contributed by atoms with Crippen LogP contribution in [0.15, 0.2) is 69.5 Å². The molecule has 136 valence electrons. The Morgan fingerprint density at radius 2 is 1.89 bits per heavy atom. The summed E-state index contributed by atoms with van der Waals surface area (Å²) in [5.41, 5.74) is 0.968. The Balaban J connectivity index is 1.69. The summed E-state index contributed by atoms with van der Waals surface area (Å²) in [6, 6.07) is 14.3. The fourth-order valence-corrected chi connectivity index (χ4v) is 4.63. The number of furan rings is 1. The maximum absolute atomic E-state index is 13.1. The molecule has 0 fully saturated rings. The fraction of sp³-hybridized carbons (Fsp3) is 0.100. The summed E-state index contributed by atoms with van der Waals surface area (Å²) >= 11 is 2.76. The van der Waals surface area contributed by atoms with Crippen LogP contribution in [0.1, 0.15) is 10.6 Å². The zero-order chi connectivity index (χ0) is 18.8. The van der Waals surface area contributed by atoms with Gasteiger partial charge in [-0.15, -0.1) is 23.1 Å². The number of rotatable bonds is 6. The van der Waals surface area contributed by atoms with E-state index in [9.17, 15) is 9.59 Å². The number of hydrogen-bond acceptors (Lipinski definition) is 6. The summed E-state index contributed by atoms with van der Waals surface area (Å²) < 4.78 is 10.5. The molecule has 0 unspecified atom stereocenters. The molecule has 2 aromatic heterocycles. The number of carbonyl (C=O) groups is 2. The molecule has 0 radical (unpaired) electrons. The van der Waals surface area contributed by atoms with Gasteiger partial charge in [-0.05, 0) is 47.8 Å². The Labute approximate surface area is 164 Å². The second kappa shape index (κ2) is 7.46. The molecule has 1 aliphatic rings. The molecule has 0 N–H and O–H groups in total. The van der Waals surface area contributed by atoms with E-state index in [4.69, 9.17) is 9.15 Å². The number of nitrogens with zero attached hydrogens (tertiary/aromatic N) is 1. The Morgan fingerprint density at radius 3 is 2.52 bits per heavy atom. The van der Waals surface area contributed by atoms with E-state index in [0.29, 0.717) is 27.7 Å². The predicted octanol–water partition coefficient (Wildman–Crippen LogP) is 4.57. The SMILES string of the molecule is COc1ccc(N2C(=O)C(SCc3ccco3)=C(c3cccs3)C2=O)cc1. The molecule has 5 nitrogen and oxygen atoms in total. The molecule has 2 amide bonds. The first-order chi connectivity index (χ1) is 13.2. The molecule has 7 heteroatoms. The maximum Gasteiger partial charge on any atom is 0.272 e. The van der Waals surface area contributed by atoms with E-state index in [1.54, 1.807) is 43.7 Å². The predicted molar refractivity (Wildman–Crippen MR) is 107 cm³/mol. The number of hydrogen-bond donors (Lipinski definition) is 0. The monoisotopic (exact) mass is 397 g/mol. The topological polar surface area (TPSA) is 59.8 Å². The van der Waals surface area contributed by atoms with Crippen molar-refractivity contribution in [1.29, 1.82) is 0 Å². The van der Waals surface area contributed by atoms with E-state index in [0.717, 1.165) is 10.6 Å². The van der Waals surface area contributed by atoms with E-state index < -0.39 is 0 Å². The largest absolute Gasteiger partial charge is 0.497 e. The highest BCUT2D eigenvalue weighted by molar-refractivity contribution is 8.03. The first-order valence-corrected chi connectivity index (χ1v) is 10.0. The van der Waals surface area contributed by atoms with Gasteiger partial charge < -0.3 is 9.15 Å². The third kappa shape index (κ3) is 3.31. The normalized spacial score (nSPS) is 14.3. The molecule has 0 aliphatic carbocycles. The van der Waals surface area contributed by atoms with Gasteiger partial charge in [0.15, 0.2) is 0 Å². The van der Waals surface area contributed by atoms with Crippen molar-refractivity contribution >= 4 is 46.2 Å². The molecule has 27 heavy (non-hydrogen) atoms. The molecule has 0 saturated heterocycles. The Morgan fingerprint density at radius 1 is 1.07 bits per heavy atom. The van der Waals surface area contributed by atoms with Crippen LogP contribution in [0.5, 0.6) is 5.75 Å². The quantitative estimate of drug-likeness (QED) is 0.571. The van der Waals surface area contributed by atoms with Crippen LogP contribution >= 0.6 is 23.1 Å². The molecule has 3 aromatic rings. The Kier molecular flexibility index (Phi) is 4.87. The van der Waals surface area contributed by atoms with Crippen molar-refractivity contribution in [2.75, 3.05) is 12.0 Å². The Bertz CT molecular complexity index is 989. The number of imide groups is 1. The van der Waals surface area contributed by atoms with Crippen LogP contribution in [0.4, 0.5) is 5.69 Å². The lowest BCUT2D eigenvalue weighted by Crippen LogP contribution is -2.31. The van der Waals surface area contributed by atoms with Crippen molar-refractivity contribution < 1.29 is 18.7 Å². The third-order valence-electron chi connectivity index (χ3n) is 4.08. The highest BCUT2D eigenvalue weighted by Crippen LogP contribution is 2.41. The standard InChI is InChI=1S/C20H15NO4S2/c1-24-14-8-6-13(7-9-14)21-19(22)17(16-5-3-11-26-16)18(20(21)23)27-12-15-4-2-10-25-15/h2-11H,12H2,1H3. The van der Waals surface area contributed by atoms with E-state index in [1.807, 2.05) is 23.6 Å². The lowest BCUT2D eigenvalue weighted by Gasteiger charge is -2.15. The maximum atomic E-state index is 13.1. The van der Waals surface area contributed by atoms with Crippen molar-refractivity contribution in [3.63, 3.8) is 0 Å². The fourth-order valence-electron chi connectivity index (χ4n) is 2.79. The molecular formula is C20H15NO4S2. The number of anilines is 1. The summed E-state index contributed by atoms with van der Waals surface area (Å²) in [6.07, 6.45) is 1.59. The van der Waals surface area contributed by atoms with Crippen LogP contribution in [0.3, 0.4) is 0 Å². The summed E-state index contributed by atoms with van der Waals surface area (Å²) in [6.45, 7) is 0. The van der Waals surface area contributed by atoms with Gasteiger partial charge >= 0.3 is 0 Å². The van der Waals surface area contributed by atoms with Gasteiger partial charge in [0, 0.05) is 4.88 Å². The molecular weight excluding hydrogens is 382 g/mol. The number of methoxy groups -OCH3 is 1. The van der Waals surface area contributed by atoms with Gasteiger partial charge in [-0.1, -0.05) is 6.07 Å². The average Bonchev–Trinajstić information content (AvgIpc) is 3.42. The lowest BCUT2D eigenvalue weighted by molar-refractivity contribution is -0.119. The van der Waals surface area contributed by atoms with Gasteiger partial charge in [-0.3, -0.25) is 9.59 Å². The van der Waals surface area contributed by atoms with E-state index in [-0.39, 0.29) is 11.8 Å². The molecule has 1 aromatic carbocycles. The molecule has 1 aliphatic heterocycles. The zero-order valence-electron chi connectivity index (χ0n) is 14.4. The minimum atomic E-state index is -0.315. The summed E-state index contributed by atoms with van der Waals surface area (Å²) in [7, 11) is 1.57. The number of carbonyl (C=O) groups excluding carboxylic acids is 2. The molecule has 3 heterocycles. The zero-order valence-corrected chi connectivity index (χ0v) is 16.0. The van der Waals surface area contributed by atoms with Gasteiger partial charge in [-0.2, -0.15) is 0 Å². The minimum Gasteiger partial charge on any atom is -0.497 e. The molecule has 0 spiro atoms. The summed E-state index contributed by atoms with van der Waals surface area (Å²) in [4.78, 5) is 28.7. The van der Waals surface area contributed by atoms with E-state index in [2.05, 4.69) is 0 Å². The first-order valence-electron chi connectivity index (χ1n) is 8.15. The number of benzene rings is 1. The lowest BCUT2D eigenvalue weighted by atomic mass is 10.2. The van der Waals surface area contributed by atoms with Gasteiger partial charge in [0.2, 0.25) is 0 Å². The summed E-state index contributed by atoms with van der Waals surface area (Å²) in [5.74, 6) is 1.27. The third-order valence-corrected chi connectivity index (χ3v) is 6.06. The highest BCUT2D eigenvalue weighted by Gasteiger charge is 2.40. The molecule has 4 rings (SSSR count). The van der Waals surface area contributed by atoms with Crippen LogP contribution in [-0.2, 0) is 15.3 Å². The second-order valence-electron chi connectivity index (χ2n) is 5.69. The van der Waals surface area contributed by atoms with Gasteiger partial charge in [-0.25, -0.2) is 4.90 Å². The van der Waals surface area contributed by atoms with Crippen LogP contribution in [0, 0.1) is 0 Å². The van der Waals surface area contributed by atoms with E-state index >= 15 is 0 Å². The van der Waals surface area contributed by atoms with Crippen molar-refractivity contribution in [3.8, 4) is 5.75 Å². The minimum absolute atomic E-state index is 0.311. The second-order valence-corrected chi connectivity index (χ2v) is 7.63. The van der Waals surface area contributed by atoms with Crippen molar-refractivity contribution in [3.05, 3.63) is 75.7 Å². The van der Waals surface area contributed by atoms with Gasteiger partial charge in [0.1, 0.15) is 11.5 Å². The molecule has 0 atom stereocenters. The Hall–Kier alpha value is -2.77. The molecule has 0 bridgehead atoms. The number of thiophene rings is 1. The van der Waals surface area contributed by atoms with Crippen molar-refractivity contribution in [1.82, 2.24) is 0 Å². The number of thioether (sulfide) groups is 1. The summed E-state index contributed by atoms with van der Waals surface area (Å²) in [5, 5.41) is 1.89. The smallest absolute Gasteiger partial charge is 0.272 e. The van der Waals surface area contributed by atoms with Gasteiger partial charge in [0.05, 0.1) is 35.3 Å². The molecule has 0 saturated carbocycles. The van der Waals surface area contributed by atoms with Crippen LogP contribution in [-0.4, -0.2) is 18.9 Å². The highest BCUT2D eigenvalue weighted by atomic mass is 32.2. The number of amides is 2. The van der Waals surface area contributed by atoms with E-state index in [1.165, 1.54) is 28.0 Å². The van der Waals surface area contributed by atoms with Crippen molar-refractivity contribution in [2.24, 2.45) is 0 Å². The van der Waals surface area contributed by atoms with Crippen LogP contribution in [0.2, 0.25) is 0 Å². The van der Waals surface area contributed by atoms with Crippen LogP contribution in [0.25, 0.3) is 5.57 Å². The first kappa shape index (κ1) is 17.6. The average molecular weight is 397 g/mol.